The van der Waals surface area contributed by atoms with Crippen LogP contribution in [-0.4, -0.2) is 43.4 Å². The third-order valence-corrected chi connectivity index (χ3v) is 4.85. The first-order valence-corrected chi connectivity index (χ1v) is 9.00. The van der Waals surface area contributed by atoms with Gasteiger partial charge in [-0.25, -0.2) is 9.37 Å². The Morgan fingerprint density at radius 1 is 1.22 bits per heavy atom. The topological polar surface area (TPSA) is 63.9 Å². The van der Waals surface area contributed by atoms with Crippen LogP contribution in [0.25, 0.3) is 0 Å². The van der Waals surface area contributed by atoms with E-state index in [-0.39, 0.29) is 17.4 Å². The predicted octanol–water partition coefficient (Wildman–Crippen LogP) is 2.88. The molecule has 0 N–H and O–H groups in total. The van der Waals surface area contributed by atoms with Crippen LogP contribution < -0.4 is 0 Å². The molecule has 0 bridgehead atoms. The van der Waals surface area contributed by atoms with Crippen molar-refractivity contribution in [2.24, 2.45) is 0 Å². The molecule has 0 spiro atoms. The SMILES string of the molecule is O=C(c1cncc(F)c1)N1CCCC(c2nccn2Cc2cccnc2)C1. The molecule has 1 atom stereocenters. The molecule has 7 heteroatoms. The standard InChI is InChI=1S/C20H20FN5O/c21-18-9-17(11-23-12-18)20(27)26-7-2-4-16(14-26)19-24-6-8-25(19)13-15-3-1-5-22-10-15/h1,3,5-6,8-12,16H,2,4,7,13-14H2. The van der Waals surface area contributed by atoms with Crippen LogP contribution in [0.5, 0.6) is 0 Å². The number of rotatable bonds is 4. The monoisotopic (exact) mass is 365 g/mol. The second-order valence-corrected chi connectivity index (χ2v) is 6.76. The van der Waals surface area contributed by atoms with Crippen molar-refractivity contribution >= 4 is 5.91 Å². The third-order valence-electron chi connectivity index (χ3n) is 4.85. The zero-order valence-electron chi connectivity index (χ0n) is 14.8. The van der Waals surface area contributed by atoms with Crippen molar-refractivity contribution in [3.8, 4) is 0 Å². The van der Waals surface area contributed by atoms with Crippen molar-refractivity contribution in [1.82, 2.24) is 24.4 Å². The normalized spacial score (nSPS) is 17.1. The van der Waals surface area contributed by atoms with Gasteiger partial charge in [-0.2, -0.15) is 0 Å². The van der Waals surface area contributed by atoms with Gasteiger partial charge in [0.15, 0.2) is 0 Å². The molecule has 0 aromatic carbocycles. The summed E-state index contributed by atoms with van der Waals surface area (Å²) in [4.78, 5) is 27.0. The van der Waals surface area contributed by atoms with Gasteiger partial charge >= 0.3 is 0 Å². The first kappa shape index (κ1) is 17.3. The van der Waals surface area contributed by atoms with Gasteiger partial charge < -0.3 is 9.47 Å². The maximum Gasteiger partial charge on any atom is 0.255 e. The molecular formula is C20H20FN5O. The number of hydrogen-bond acceptors (Lipinski definition) is 4. The van der Waals surface area contributed by atoms with Gasteiger partial charge in [-0.3, -0.25) is 14.8 Å². The number of likely N-dealkylation sites (tertiary alicyclic amines) is 1. The van der Waals surface area contributed by atoms with Crippen molar-refractivity contribution in [1.29, 1.82) is 0 Å². The number of nitrogens with zero attached hydrogens (tertiary/aromatic N) is 5. The molecule has 1 aliphatic heterocycles. The number of carbonyl (C=O) groups is 1. The molecule has 1 fully saturated rings. The van der Waals surface area contributed by atoms with Crippen molar-refractivity contribution in [2.45, 2.75) is 25.3 Å². The fourth-order valence-electron chi connectivity index (χ4n) is 3.59. The van der Waals surface area contributed by atoms with Crippen LogP contribution in [0.3, 0.4) is 0 Å². The molecule has 0 saturated carbocycles. The average Bonchev–Trinajstić information content (AvgIpc) is 3.16. The van der Waals surface area contributed by atoms with Crippen LogP contribution in [0.15, 0.2) is 55.4 Å². The molecule has 3 aromatic rings. The van der Waals surface area contributed by atoms with Crippen molar-refractivity contribution < 1.29 is 9.18 Å². The number of carbonyl (C=O) groups excluding carboxylic acids is 1. The quantitative estimate of drug-likeness (QED) is 0.713. The molecule has 4 rings (SSSR count). The molecule has 1 unspecified atom stereocenters. The molecule has 0 radical (unpaired) electrons. The van der Waals surface area contributed by atoms with Crippen molar-refractivity contribution in [2.75, 3.05) is 13.1 Å². The Balaban J connectivity index is 1.51. The number of hydrogen-bond donors (Lipinski definition) is 0. The summed E-state index contributed by atoms with van der Waals surface area (Å²) in [6.45, 7) is 1.93. The lowest BCUT2D eigenvalue weighted by Gasteiger charge is -2.32. The Labute approximate surface area is 156 Å². The average molecular weight is 365 g/mol. The van der Waals surface area contributed by atoms with E-state index < -0.39 is 5.82 Å². The molecule has 0 aliphatic carbocycles. The summed E-state index contributed by atoms with van der Waals surface area (Å²) in [5.74, 6) is 0.433. The predicted molar refractivity (Wildman–Crippen MR) is 97.6 cm³/mol. The highest BCUT2D eigenvalue weighted by Crippen LogP contribution is 2.27. The number of piperidine rings is 1. The van der Waals surface area contributed by atoms with E-state index in [1.54, 1.807) is 17.3 Å². The minimum atomic E-state index is -0.499. The second kappa shape index (κ2) is 7.65. The Morgan fingerprint density at radius 2 is 2.15 bits per heavy atom. The minimum Gasteiger partial charge on any atom is -0.338 e. The summed E-state index contributed by atoms with van der Waals surface area (Å²) < 4.78 is 15.5. The fraction of sp³-hybridized carbons (Fsp3) is 0.300. The second-order valence-electron chi connectivity index (χ2n) is 6.76. The number of aromatic nitrogens is 4. The fourth-order valence-corrected chi connectivity index (χ4v) is 3.59. The number of halogens is 1. The molecular weight excluding hydrogens is 345 g/mol. The minimum absolute atomic E-state index is 0.149. The first-order chi connectivity index (χ1) is 13.2. The number of pyridine rings is 2. The van der Waals surface area contributed by atoms with E-state index >= 15 is 0 Å². The number of amides is 1. The molecule has 27 heavy (non-hydrogen) atoms. The lowest BCUT2D eigenvalue weighted by molar-refractivity contribution is 0.0702. The van der Waals surface area contributed by atoms with Gasteiger partial charge in [-0.1, -0.05) is 6.07 Å². The Hall–Kier alpha value is -3.09. The van der Waals surface area contributed by atoms with E-state index in [0.717, 1.165) is 30.4 Å². The lowest BCUT2D eigenvalue weighted by Crippen LogP contribution is -2.39. The van der Waals surface area contributed by atoms with E-state index in [9.17, 15) is 9.18 Å². The summed E-state index contributed by atoms with van der Waals surface area (Å²) in [5.41, 5.74) is 1.39. The summed E-state index contributed by atoms with van der Waals surface area (Å²) in [6.07, 6.45) is 11.7. The summed E-state index contributed by atoms with van der Waals surface area (Å²) >= 11 is 0. The van der Waals surface area contributed by atoms with Gasteiger partial charge in [0.2, 0.25) is 0 Å². The third kappa shape index (κ3) is 3.86. The van der Waals surface area contributed by atoms with Gasteiger partial charge in [0.1, 0.15) is 11.6 Å². The largest absolute Gasteiger partial charge is 0.338 e. The van der Waals surface area contributed by atoms with E-state index in [1.165, 1.54) is 12.3 Å². The maximum absolute atomic E-state index is 13.4. The maximum atomic E-state index is 13.4. The van der Waals surface area contributed by atoms with Crippen LogP contribution in [0.2, 0.25) is 0 Å². The van der Waals surface area contributed by atoms with Gasteiger partial charge in [-0.15, -0.1) is 0 Å². The smallest absolute Gasteiger partial charge is 0.255 e. The van der Waals surface area contributed by atoms with Gasteiger partial charge in [0, 0.05) is 50.0 Å². The van der Waals surface area contributed by atoms with Gasteiger partial charge in [0.05, 0.1) is 18.3 Å². The van der Waals surface area contributed by atoms with Crippen molar-refractivity contribution in [3.05, 3.63) is 78.1 Å². The van der Waals surface area contributed by atoms with E-state index in [4.69, 9.17) is 0 Å². The van der Waals surface area contributed by atoms with Crippen LogP contribution in [0.1, 0.15) is 40.5 Å². The molecule has 6 nitrogen and oxygen atoms in total. The first-order valence-electron chi connectivity index (χ1n) is 9.00. The van der Waals surface area contributed by atoms with E-state index in [2.05, 4.69) is 19.5 Å². The Kier molecular flexibility index (Phi) is 4.91. The molecule has 1 saturated heterocycles. The summed E-state index contributed by atoms with van der Waals surface area (Å²) in [7, 11) is 0. The number of imidazole rings is 1. The summed E-state index contributed by atoms with van der Waals surface area (Å²) in [5, 5.41) is 0. The lowest BCUT2D eigenvalue weighted by atomic mass is 9.96. The Morgan fingerprint density at radius 3 is 2.96 bits per heavy atom. The van der Waals surface area contributed by atoms with Gasteiger partial charge in [0.25, 0.3) is 5.91 Å². The van der Waals surface area contributed by atoms with Crippen LogP contribution >= 0.6 is 0 Å². The zero-order valence-corrected chi connectivity index (χ0v) is 14.8. The highest BCUT2D eigenvalue weighted by molar-refractivity contribution is 5.94. The van der Waals surface area contributed by atoms with E-state index in [0.29, 0.717) is 19.6 Å². The highest BCUT2D eigenvalue weighted by Gasteiger charge is 2.28. The molecule has 138 valence electrons. The van der Waals surface area contributed by atoms with Crippen molar-refractivity contribution in [3.63, 3.8) is 0 Å². The Bertz CT molecular complexity index is 927. The zero-order chi connectivity index (χ0) is 18.6. The molecule has 1 amide bonds. The van der Waals surface area contributed by atoms with Gasteiger partial charge in [-0.05, 0) is 30.5 Å². The summed E-state index contributed by atoms with van der Waals surface area (Å²) in [6, 6.07) is 5.19. The van der Waals surface area contributed by atoms with Crippen LogP contribution in [0.4, 0.5) is 4.39 Å². The van der Waals surface area contributed by atoms with E-state index in [1.807, 2.05) is 24.5 Å². The molecule has 4 heterocycles. The molecule has 1 aliphatic rings. The van der Waals surface area contributed by atoms with Crippen LogP contribution in [-0.2, 0) is 6.54 Å². The highest BCUT2D eigenvalue weighted by atomic mass is 19.1. The molecule has 3 aromatic heterocycles. The van der Waals surface area contributed by atoms with Crippen LogP contribution in [0, 0.1) is 5.82 Å².